The lowest BCUT2D eigenvalue weighted by Gasteiger charge is -2.03. The summed E-state index contributed by atoms with van der Waals surface area (Å²) in [4.78, 5) is 22.0. The Morgan fingerprint density at radius 3 is 2.86 bits per heavy atom. The summed E-state index contributed by atoms with van der Waals surface area (Å²) in [5.74, 6) is 0.126. The summed E-state index contributed by atoms with van der Waals surface area (Å²) in [7, 11) is 0. The molecule has 3 N–H and O–H groups in total. The molecule has 0 spiro atoms. The topological polar surface area (TPSA) is 84.1 Å². The first-order valence-electron chi connectivity index (χ1n) is 4.44. The van der Waals surface area contributed by atoms with E-state index in [1.165, 1.54) is 0 Å². The monoisotopic (exact) mass is 194 g/mol. The number of nitrogen functional groups attached to an aromatic ring is 1. The van der Waals surface area contributed by atoms with E-state index in [4.69, 9.17) is 5.73 Å². The van der Waals surface area contributed by atoms with Crippen LogP contribution in [0.25, 0.3) is 0 Å². The minimum Gasteiger partial charge on any atom is -0.369 e. The van der Waals surface area contributed by atoms with Crippen molar-refractivity contribution in [2.75, 3.05) is 12.3 Å². The fourth-order valence-electron chi connectivity index (χ4n) is 1.21. The summed E-state index contributed by atoms with van der Waals surface area (Å²) in [5.41, 5.74) is 7.10. The number of nitrogens with one attached hydrogen (secondary N) is 1. The average molecular weight is 194 g/mol. The molecule has 14 heavy (non-hydrogen) atoms. The molecule has 0 bridgehead atoms. The third kappa shape index (κ3) is 1.99. The van der Waals surface area contributed by atoms with Gasteiger partial charge in [-0.05, 0) is 20.8 Å². The van der Waals surface area contributed by atoms with Crippen LogP contribution in [-0.2, 0) is 0 Å². The molecule has 0 unspecified atom stereocenters. The molecule has 5 heteroatoms. The number of aromatic amines is 1. The number of nitrogens with zero attached hydrogens (tertiary/aromatic N) is 2. The van der Waals surface area contributed by atoms with Crippen LogP contribution in [0.2, 0.25) is 0 Å². The summed E-state index contributed by atoms with van der Waals surface area (Å²) in [6.45, 7) is 6.11. The van der Waals surface area contributed by atoms with Gasteiger partial charge in [0.2, 0.25) is 5.95 Å². The SMILES string of the molecule is CC/N=C(/C)c1nc(N)[nH]c(=O)c1C. The molecule has 0 aliphatic rings. The summed E-state index contributed by atoms with van der Waals surface area (Å²) in [6.07, 6.45) is 0. The van der Waals surface area contributed by atoms with E-state index < -0.39 is 0 Å². The maximum absolute atomic E-state index is 11.3. The van der Waals surface area contributed by atoms with Gasteiger partial charge in [-0.3, -0.25) is 14.8 Å². The zero-order valence-corrected chi connectivity index (χ0v) is 8.59. The van der Waals surface area contributed by atoms with E-state index in [9.17, 15) is 4.79 Å². The molecule has 0 radical (unpaired) electrons. The van der Waals surface area contributed by atoms with Crippen LogP contribution in [0.4, 0.5) is 5.95 Å². The van der Waals surface area contributed by atoms with Crippen LogP contribution >= 0.6 is 0 Å². The van der Waals surface area contributed by atoms with Crippen molar-refractivity contribution in [1.29, 1.82) is 0 Å². The van der Waals surface area contributed by atoms with Crippen LogP contribution in [0.3, 0.4) is 0 Å². The van der Waals surface area contributed by atoms with E-state index in [0.29, 0.717) is 17.8 Å². The summed E-state index contributed by atoms with van der Waals surface area (Å²) in [5, 5.41) is 0. The van der Waals surface area contributed by atoms with Gasteiger partial charge >= 0.3 is 0 Å². The highest BCUT2D eigenvalue weighted by molar-refractivity contribution is 5.98. The van der Waals surface area contributed by atoms with Gasteiger partial charge < -0.3 is 5.73 Å². The first-order valence-corrected chi connectivity index (χ1v) is 4.44. The number of hydrogen-bond donors (Lipinski definition) is 2. The third-order valence-corrected chi connectivity index (χ3v) is 1.91. The number of hydrogen-bond acceptors (Lipinski definition) is 4. The Labute approximate surface area is 82.1 Å². The van der Waals surface area contributed by atoms with Crippen LogP contribution in [0.15, 0.2) is 9.79 Å². The van der Waals surface area contributed by atoms with Crippen LogP contribution in [0.5, 0.6) is 0 Å². The number of H-pyrrole nitrogens is 1. The Hall–Kier alpha value is -1.65. The lowest BCUT2D eigenvalue weighted by molar-refractivity contribution is 1.06. The molecule has 1 heterocycles. The molecule has 1 aromatic heterocycles. The molecule has 76 valence electrons. The zero-order valence-electron chi connectivity index (χ0n) is 8.59. The number of aliphatic imine (C=N–C) groups is 1. The molecule has 0 aliphatic carbocycles. The maximum atomic E-state index is 11.3. The van der Waals surface area contributed by atoms with Crippen molar-refractivity contribution in [1.82, 2.24) is 9.97 Å². The Balaban J connectivity index is 3.34. The normalized spacial score (nSPS) is 11.8. The third-order valence-electron chi connectivity index (χ3n) is 1.91. The summed E-state index contributed by atoms with van der Waals surface area (Å²) < 4.78 is 0. The zero-order chi connectivity index (χ0) is 10.7. The molecular weight excluding hydrogens is 180 g/mol. The lowest BCUT2D eigenvalue weighted by atomic mass is 10.2. The first kappa shape index (κ1) is 10.4. The standard InChI is InChI=1S/C9H14N4O/c1-4-11-6(3)7-5(2)8(14)13-9(10)12-7/h4H2,1-3H3,(H3,10,12,13,14)/b11-6-. The van der Waals surface area contributed by atoms with Gasteiger partial charge in [-0.15, -0.1) is 0 Å². The van der Waals surface area contributed by atoms with Crippen LogP contribution < -0.4 is 11.3 Å². The quantitative estimate of drug-likeness (QED) is 0.672. The molecule has 0 saturated carbocycles. The highest BCUT2D eigenvalue weighted by atomic mass is 16.1. The Morgan fingerprint density at radius 2 is 2.29 bits per heavy atom. The largest absolute Gasteiger partial charge is 0.369 e. The number of rotatable bonds is 2. The van der Waals surface area contributed by atoms with E-state index in [1.54, 1.807) is 6.92 Å². The Morgan fingerprint density at radius 1 is 1.64 bits per heavy atom. The van der Waals surface area contributed by atoms with Crippen molar-refractivity contribution >= 4 is 11.7 Å². The van der Waals surface area contributed by atoms with E-state index in [1.807, 2.05) is 13.8 Å². The number of aromatic nitrogens is 2. The minimum absolute atomic E-state index is 0.126. The second-order valence-corrected chi connectivity index (χ2v) is 2.98. The molecule has 0 amide bonds. The summed E-state index contributed by atoms with van der Waals surface area (Å²) in [6, 6.07) is 0. The van der Waals surface area contributed by atoms with Gasteiger partial charge in [-0.25, -0.2) is 4.98 Å². The number of nitrogens with two attached hydrogens (primary N) is 1. The van der Waals surface area contributed by atoms with Crippen molar-refractivity contribution < 1.29 is 0 Å². The van der Waals surface area contributed by atoms with Gasteiger partial charge in [0.1, 0.15) is 0 Å². The molecule has 5 nitrogen and oxygen atoms in total. The van der Waals surface area contributed by atoms with Gasteiger partial charge in [0.15, 0.2) is 0 Å². The van der Waals surface area contributed by atoms with Crippen LogP contribution in [-0.4, -0.2) is 22.2 Å². The summed E-state index contributed by atoms with van der Waals surface area (Å²) >= 11 is 0. The van der Waals surface area contributed by atoms with E-state index in [0.717, 1.165) is 5.71 Å². The Kier molecular flexibility index (Phi) is 3.01. The van der Waals surface area contributed by atoms with Gasteiger partial charge in [0, 0.05) is 12.1 Å². The van der Waals surface area contributed by atoms with Crippen molar-refractivity contribution in [2.24, 2.45) is 4.99 Å². The molecule has 0 atom stereocenters. The predicted octanol–water partition coefficient (Wildman–Crippen LogP) is 0.489. The average Bonchev–Trinajstić information content (AvgIpc) is 2.11. The molecule has 0 aromatic carbocycles. The van der Waals surface area contributed by atoms with Crippen molar-refractivity contribution in [3.8, 4) is 0 Å². The fraction of sp³-hybridized carbons (Fsp3) is 0.444. The van der Waals surface area contributed by atoms with E-state index in [-0.39, 0.29) is 11.5 Å². The van der Waals surface area contributed by atoms with Crippen LogP contribution in [0, 0.1) is 6.92 Å². The smallest absolute Gasteiger partial charge is 0.255 e. The maximum Gasteiger partial charge on any atom is 0.255 e. The second kappa shape index (κ2) is 4.04. The van der Waals surface area contributed by atoms with Crippen molar-refractivity contribution in [3.63, 3.8) is 0 Å². The van der Waals surface area contributed by atoms with Gasteiger partial charge in [-0.2, -0.15) is 0 Å². The molecule has 1 rings (SSSR count). The molecule has 0 fully saturated rings. The molecule has 0 aliphatic heterocycles. The van der Waals surface area contributed by atoms with Gasteiger partial charge in [0.05, 0.1) is 11.4 Å². The second-order valence-electron chi connectivity index (χ2n) is 2.98. The van der Waals surface area contributed by atoms with Gasteiger partial charge in [-0.1, -0.05) is 0 Å². The molecule has 0 saturated heterocycles. The molecular formula is C9H14N4O. The van der Waals surface area contributed by atoms with E-state index in [2.05, 4.69) is 15.0 Å². The fourth-order valence-corrected chi connectivity index (χ4v) is 1.21. The lowest BCUT2D eigenvalue weighted by Crippen LogP contribution is -2.19. The first-order chi connectivity index (χ1) is 6.56. The minimum atomic E-state index is -0.210. The van der Waals surface area contributed by atoms with E-state index >= 15 is 0 Å². The highest BCUT2D eigenvalue weighted by Crippen LogP contribution is 2.02. The highest BCUT2D eigenvalue weighted by Gasteiger charge is 2.08. The predicted molar refractivity (Wildman–Crippen MR) is 56.8 cm³/mol. The Bertz CT molecular complexity index is 419. The van der Waals surface area contributed by atoms with Crippen LogP contribution in [0.1, 0.15) is 25.1 Å². The van der Waals surface area contributed by atoms with Gasteiger partial charge in [0.25, 0.3) is 5.56 Å². The van der Waals surface area contributed by atoms with Crippen molar-refractivity contribution in [3.05, 3.63) is 21.6 Å². The number of anilines is 1. The molecule has 1 aromatic rings. The van der Waals surface area contributed by atoms with Crippen molar-refractivity contribution in [2.45, 2.75) is 20.8 Å².